The molecule has 0 unspecified atom stereocenters. The van der Waals surface area contributed by atoms with E-state index in [9.17, 15) is 24.9 Å². The van der Waals surface area contributed by atoms with Crippen molar-refractivity contribution in [2.75, 3.05) is 13.1 Å². The van der Waals surface area contributed by atoms with Gasteiger partial charge in [-0.25, -0.2) is 5.01 Å². The van der Waals surface area contributed by atoms with E-state index in [0.29, 0.717) is 16.8 Å². The smallest absolute Gasteiger partial charge is 0.252 e. The molecule has 0 saturated carbocycles. The van der Waals surface area contributed by atoms with E-state index in [2.05, 4.69) is 26.4 Å². The van der Waals surface area contributed by atoms with Crippen LogP contribution in [0, 0.1) is 10.8 Å². The number of aliphatic hydroxyl groups excluding tert-OH is 1. The maximum atomic E-state index is 14.4. The van der Waals surface area contributed by atoms with E-state index in [1.165, 1.54) is 5.01 Å². The van der Waals surface area contributed by atoms with E-state index in [0.717, 1.165) is 12.5 Å². The summed E-state index contributed by atoms with van der Waals surface area (Å²) >= 11 is 0. The molecule has 4 atom stereocenters. The SMILES string of the molecule is [2H]C([2H])([2H])CN[C@H](C(=O)N[C@@H](Cc1ccccc1)[C@@H](O)CN(Cc1ccc(-c2ccccn2)cc1)NC(=O)[C@@H](NC(C)(O)O)C(C)(C)C)C(C([2H])([2H])[2H])(C([2H])([2H])[2H])C([2H])([2H])[2H]. The summed E-state index contributed by atoms with van der Waals surface area (Å²) in [5.74, 6) is -4.77. The zero-order chi connectivity index (χ0) is 46.4. The van der Waals surface area contributed by atoms with Crippen molar-refractivity contribution in [1.29, 1.82) is 0 Å². The van der Waals surface area contributed by atoms with Crippen LogP contribution in [0.5, 0.6) is 0 Å². The van der Waals surface area contributed by atoms with E-state index in [-0.39, 0.29) is 13.0 Å². The molecule has 0 aliphatic rings. The van der Waals surface area contributed by atoms with Crippen molar-refractivity contribution < 1.29 is 41.4 Å². The number of hydrogen-bond donors (Lipinski definition) is 7. The molecule has 0 aliphatic heterocycles. The van der Waals surface area contributed by atoms with Gasteiger partial charge in [0.2, 0.25) is 11.8 Å². The van der Waals surface area contributed by atoms with Gasteiger partial charge < -0.3 is 26.0 Å². The number of carbonyl (C=O) groups is 2. The van der Waals surface area contributed by atoms with Crippen LogP contribution < -0.4 is 21.4 Å². The molecule has 49 heavy (non-hydrogen) atoms. The number of nitrogens with one attached hydrogen (secondary N) is 4. The van der Waals surface area contributed by atoms with Crippen LogP contribution in [0.4, 0.5) is 0 Å². The maximum Gasteiger partial charge on any atom is 0.252 e. The summed E-state index contributed by atoms with van der Waals surface area (Å²) in [4.78, 5) is 32.7. The van der Waals surface area contributed by atoms with Gasteiger partial charge in [0.05, 0.1) is 29.9 Å². The molecule has 2 amide bonds. The molecule has 3 aromatic rings. The van der Waals surface area contributed by atoms with Crippen LogP contribution in [0.25, 0.3) is 11.3 Å². The lowest BCUT2D eigenvalue weighted by Crippen LogP contribution is -2.62. The second-order valence-corrected chi connectivity index (χ2v) is 13.2. The molecule has 0 radical (unpaired) electrons. The normalized spacial score (nSPS) is 19.6. The number of nitrogens with zero attached hydrogens (tertiary/aromatic N) is 2. The fourth-order valence-corrected chi connectivity index (χ4v) is 5.17. The van der Waals surface area contributed by atoms with E-state index in [4.69, 9.17) is 16.4 Å². The minimum absolute atomic E-state index is 0.0906. The number of aromatic nitrogens is 1. The number of benzene rings is 2. The highest BCUT2D eigenvalue weighted by molar-refractivity contribution is 5.83. The summed E-state index contributed by atoms with van der Waals surface area (Å²) in [7, 11) is 0. The van der Waals surface area contributed by atoms with Gasteiger partial charge in [-0.3, -0.25) is 25.3 Å². The molecule has 268 valence electrons. The molecular formula is C38H56N6O5. The monoisotopic (exact) mass is 689 g/mol. The Kier molecular flexibility index (Phi) is 8.92. The van der Waals surface area contributed by atoms with E-state index >= 15 is 0 Å². The van der Waals surface area contributed by atoms with Crippen LogP contribution in [-0.4, -0.2) is 80.4 Å². The number of likely N-dealkylation sites (N-methyl/N-ethyl adjacent to an activating group) is 1. The maximum absolute atomic E-state index is 14.4. The molecule has 2 aromatic carbocycles. The summed E-state index contributed by atoms with van der Waals surface area (Å²) in [6.07, 6.45) is -0.274. The van der Waals surface area contributed by atoms with Gasteiger partial charge in [0, 0.05) is 48.2 Å². The number of pyridine rings is 1. The Labute approximate surface area is 308 Å². The molecule has 1 heterocycles. The van der Waals surface area contributed by atoms with Crippen molar-refractivity contribution in [1.82, 2.24) is 31.4 Å². The highest BCUT2D eigenvalue weighted by Gasteiger charge is 2.38. The van der Waals surface area contributed by atoms with E-state index in [1.54, 1.807) is 87.6 Å². The Hall–Kier alpha value is -3.71. The average molecular weight is 689 g/mol. The lowest BCUT2D eigenvalue weighted by molar-refractivity contribution is -0.185. The third-order valence-corrected chi connectivity index (χ3v) is 7.60. The number of hydrogen-bond acceptors (Lipinski definition) is 9. The first kappa shape index (κ1) is 25.3. The summed E-state index contributed by atoms with van der Waals surface area (Å²) in [5, 5.41) is 40.7. The Balaban J connectivity index is 2.15. The van der Waals surface area contributed by atoms with Crippen LogP contribution in [0.1, 0.15) is 82.7 Å². The van der Waals surface area contributed by atoms with Crippen molar-refractivity contribution >= 4 is 11.8 Å². The van der Waals surface area contributed by atoms with Gasteiger partial charge in [0.1, 0.15) is 0 Å². The molecule has 0 fully saturated rings. The average Bonchev–Trinajstić information content (AvgIpc) is 3.10. The minimum atomic E-state index is -3.91. The Morgan fingerprint density at radius 1 is 0.857 bits per heavy atom. The van der Waals surface area contributed by atoms with Gasteiger partial charge >= 0.3 is 0 Å². The first-order chi connectivity index (χ1) is 27.8. The van der Waals surface area contributed by atoms with Gasteiger partial charge in [0.15, 0.2) is 0 Å². The Bertz CT molecular complexity index is 1830. The lowest BCUT2D eigenvalue weighted by atomic mass is 9.85. The van der Waals surface area contributed by atoms with Crippen LogP contribution in [0.3, 0.4) is 0 Å². The summed E-state index contributed by atoms with van der Waals surface area (Å²) in [6, 6.07) is 15.3. The van der Waals surface area contributed by atoms with Gasteiger partial charge in [0.25, 0.3) is 5.91 Å². The van der Waals surface area contributed by atoms with E-state index < -0.39 is 93.3 Å². The van der Waals surface area contributed by atoms with Crippen LogP contribution in [0.2, 0.25) is 0 Å². The largest absolute Gasteiger partial charge is 0.390 e. The molecule has 0 bridgehead atoms. The second kappa shape index (κ2) is 17.3. The molecule has 3 rings (SSSR count). The number of aliphatic hydroxyl groups is 3. The number of amides is 2. The fraction of sp³-hybridized carbons (Fsp3) is 0.500. The summed E-state index contributed by atoms with van der Waals surface area (Å²) in [6.45, 7) is -10.4. The van der Waals surface area contributed by atoms with E-state index in [1.807, 2.05) is 12.1 Å². The number of carbonyl (C=O) groups excluding carboxylic acids is 2. The minimum Gasteiger partial charge on any atom is -0.390 e. The molecule has 0 aliphatic carbocycles. The Morgan fingerprint density at radius 2 is 1.53 bits per heavy atom. The Morgan fingerprint density at radius 3 is 2.10 bits per heavy atom. The summed E-state index contributed by atoms with van der Waals surface area (Å²) in [5.41, 5.74) is 0.535. The van der Waals surface area contributed by atoms with Gasteiger partial charge in [-0.05, 0) is 47.1 Å². The molecule has 7 N–H and O–H groups in total. The standard InChI is InChI=1S/C38H56N6O5/c1-9-39-32(36(2,3)4)34(46)41-30(23-26-15-11-10-12-16-26)31(45)25-44(43-35(47)33(37(5,6)7)42-38(8,48)49)24-27-18-20-28(21-19-27)29-17-13-14-22-40-29/h10-22,30-33,39,42,45,48-49H,9,23-25H2,1-8H3,(H,41,46)(H,43,47)/t30-,31-,32+,33+/m0/s1/i1D3,2D3,3D3,4D3. The highest BCUT2D eigenvalue weighted by atomic mass is 16.5. The van der Waals surface area contributed by atoms with Crippen molar-refractivity contribution in [2.24, 2.45) is 10.8 Å². The molecule has 1 aromatic heterocycles. The first-order valence-electron chi connectivity index (χ1n) is 21.8. The van der Waals surface area contributed by atoms with Gasteiger partial charge in [-0.15, -0.1) is 0 Å². The van der Waals surface area contributed by atoms with Crippen molar-refractivity contribution in [3.8, 4) is 11.3 Å². The third kappa shape index (κ3) is 12.9. The van der Waals surface area contributed by atoms with Crippen LogP contribution in [0.15, 0.2) is 79.0 Å². The number of rotatable bonds is 16. The predicted molar refractivity (Wildman–Crippen MR) is 192 cm³/mol. The third-order valence-electron chi connectivity index (χ3n) is 7.60. The number of hydrazine groups is 1. The van der Waals surface area contributed by atoms with Crippen molar-refractivity contribution in [2.45, 2.75) is 98.2 Å². The van der Waals surface area contributed by atoms with Gasteiger partial charge in [-0.2, -0.15) is 0 Å². The predicted octanol–water partition coefficient (Wildman–Crippen LogP) is 3.36. The van der Waals surface area contributed by atoms with Crippen LogP contribution in [-0.2, 0) is 22.6 Å². The van der Waals surface area contributed by atoms with Crippen LogP contribution >= 0.6 is 0 Å². The quantitative estimate of drug-likeness (QED) is 0.0885. The molecule has 11 nitrogen and oxygen atoms in total. The molecular weight excluding hydrogens is 620 g/mol. The topological polar surface area (TPSA) is 159 Å². The van der Waals surface area contributed by atoms with Crippen molar-refractivity contribution in [3.63, 3.8) is 0 Å². The lowest BCUT2D eigenvalue weighted by Gasteiger charge is -2.37. The molecule has 0 saturated heterocycles. The van der Waals surface area contributed by atoms with Crippen molar-refractivity contribution in [3.05, 3.63) is 90.1 Å². The highest BCUT2D eigenvalue weighted by Crippen LogP contribution is 2.23. The second-order valence-electron chi connectivity index (χ2n) is 13.2. The zero-order valence-electron chi connectivity index (χ0n) is 40.2. The first-order valence-corrected chi connectivity index (χ1v) is 15.8. The van der Waals surface area contributed by atoms with Gasteiger partial charge in [-0.1, -0.05) is 109 Å². The molecule has 11 heteroatoms. The summed E-state index contributed by atoms with van der Waals surface area (Å²) < 4.78 is 97.1. The molecule has 0 spiro atoms. The fourth-order valence-electron chi connectivity index (χ4n) is 5.17. The zero-order valence-corrected chi connectivity index (χ0v) is 28.2.